The van der Waals surface area contributed by atoms with Gasteiger partial charge in [-0.3, -0.25) is 4.79 Å². The summed E-state index contributed by atoms with van der Waals surface area (Å²) in [5.41, 5.74) is 2.54. The van der Waals surface area contributed by atoms with Gasteiger partial charge in [-0.1, -0.05) is 109 Å². The van der Waals surface area contributed by atoms with Crippen molar-refractivity contribution in [3.63, 3.8) is 0 Å². The molecule has 0 bridgehead atoms. The Kier molecular flexibility index (Phi) is 15.7. The van der Waals surface area contributed by atoms with E-state index in [1.54, 1.807) is 109 Å². The highest BCUT2D eigenvalue weighted by molar-refractivity contribution is 6.02. The van der Waals surface area contributed by atoms with Crippen LogP contribution in [-0.2, 0) is 54.7 Å². The lowest BCUT2D eigenvalue weighted by atomic mass is 9.98. The molecule has 0 saturated carbocycles. The van der Waals surface area contributed by atoms with Crippen LogP contribution >= 0.6 is 0 Å². The molecule has 0 unspecified atom stereocenters. The van der Waals surface area contributed by atoms with E-state index in [0.29, 0.717) is 22.4 Å². The van der Waals surface area contributed by atoms with Crippen LogP contribution in [0.15, 0.2) is 133 Å². The molecule has 0 spiro atoms. The van der Waals surface area contributed by atoms with Crippen LogP contribution in [0.4, 0.5) is 14.4 Å². The SMILES string of the molecule is COc1ccc(CCC(=O)c2c(OC(=O)OCc3ccccc3)cccc2O[C@@H]2O[C@H](CO)[C@@H](O)[C@H](OC(=O)OCc3ccccc3)[C@H]2OC(=O)OCc2ccccc2)cc1. The molecule has 15 nitrogen and oxygen atoms in total. The first-order valence-electron chi connectivity index (χ1n) is 19.2. The summed E-state index contributed by atoms with van der Waals surface area (Å²) in [6.45, 7) is -1.34. The Morgan fingerprint density at radius 1 is 0.590 bits per heavy atom. The van der Waals surface area contributed by atoms with E-state index in [1.807, 2.05) is 6.07 Å². The van der Waals surface area contributed by atoms with Crippen LogP contribution in [0.3, 0.4) is 0 Å². The van der Waals surface area contributed by atoms with Gasteiger partial charge in [0, 0.05) is 6.42 Å². The van der Waals surface area contributed by atoms with Gasteiger partial charge in [0.25, 0.3) is 0 Å². The Morgan fingerprint density at radius 3 is 1.62 bits per heavy atom. The van der Waals surface area contributed by atoms with Gasteiger partial charge in [-0.15, -0.1) is 0 Å². The van der Waals surface area contributed by atoms with Gasteiger partial charge >= 0.3 is 18.5 Å². The molecule has 0 radical (unpaired) electrons. The predicted octanol–water partition coefficient (Wildman–Crippen LogP) is 7.13. The second kappa shape index (κ2) is 21.9. The number of aliphatic hydroxyl groups is 2. The third-order valence-corrected chi connectivity index (χ3v) is 9.36. The highest BCUT2D eigenvalue weighted by Gasteiger charge is 2.52. The number of aryl methyl sites for hydroxylation is 1. The van der Waals surface area contributed by atoms with Crippen molar-refractivity contribution in [2.24, 2.45) is 0 Å². The van der Waals surface area contributed by atoms with Crippen LogP contribution in [0.5, 0.6) is 17.2 Å². The van der Waals surface area contributed by atoms with E-state index >= 15 is 0 Å². The first-order valence-corrected chi connectivity index (χ1v) is 19.2. The molecule has 1 fully saturated rings. The van der Waals surface area contributed by atoms with Crippen molar-refractivity contribution in [3.05, 3.63) is 161 Å². The zero-order valence-electron chi connectivity index (χ0n) is 33.0. The maximum Gasteiger partial charge on any atom is 0.514 e. The van der Waals surface area contributed by atoms with Gasteiger partial charge in [0.15, 0.2) is 11.9 Å². The van der Waals surface area contributed by atoms with Crippen LogP contribution in [0.1, 0.15) is 39.0 Å². The van der Waals surface area contributed by atoms with Crippen molar-refractivity contribution in [3.8, 4) is 17.2 Å². The molecule has 6 rings (SSSR count). The molecule has 0 amide bonds. The average Bonchev–Trinajstić information content (AvgIpc) is 3.29. The summed E-state index contributed by atoms with van der Waals surface area (Å²) >= 11 is 0. The van der Waals surface area contributed by atoms with Crippen molar-refractivity contribution in [1.82, 2.24) is 0 Å². The van der Waals surface area contributed by atoms with Gasteiger partial charge in [0.2, 0.25) is 12.4 Å². The van der Waals surface area contributed by atoms with Crippen LogP contribution < -0.4 is 14.2 Å². The minimum atomic E-state index is -1.80. The number of ketones is 1. The number of rotatable bonds is 17. The maximum absolute atomic E-state index is 14.2. The standard InChI is InChI=1S/C46H44O15/c1-53-34-23-20-30(21-24-34)22-25-35(48)39-36(18-11-19-37(39)59-44(50)54-27-31-12-5-2-6-13-31)57-43-42(61-46(52)56-29-33-16-9-4-10-17-33)41(40(49)38(26-47)58-43)60-45(51)55-28-32-14-7-3-8-15-32/h2-21,23-24,38,40-43,47,49H,22,25-29H2,1H3/t38-,40-,41+,42-,43-/m1/s1. The fourth-order valence-electron chi connectivity index (χ4n) is 6.22. The molecular formula is C46H44O15. The van der Waals surface area contributed by atoms with Crippen LogP contribution in [0.2, 0.25) is 0 Å². The van der Waals surface area contributed by atoms with E-state index in [0.717, 1.165) is 5.56 Å². The van der Waals surface area contributed by atoms with Crippen molar-refractivity contribution in [2.75, 3.05) is 13.7 Å². The molecule has 1 heterocycles. The number of carbonyl (C=O) groups is 4. The smallest absolute Gasteiger partial charge is 0.497 e. The summed E-state index contributed by atoms with van der Waals surface area (Å²) in [4.78, 5) is 53.6. The molecule has 15 heteroatoms. The molecule has 0 aromatic heterocycles. The van der Waals surface area contributed by atoms with E-state index in [2.05, 4.69) is 0 Å². The summed E-state index contributed by atoms with van der Waals surface area (Å²) in [6, 6.07) is 37.6. The highest BCUT2D eigenvalue weighted by atomic mass is 16.8. The Labute approximate surface area is 351 Å². The second-order valence-electron chi connectivity index (χ2n) is 13.6. The second-order valence-corrected chi connectivity index (χ2v) is 13.6. The summed E-state index contributed by atoms with van der Waals surface area (Å²) in [5, 5.41) is 21.6. The molecule has 2 N–H and O–H groups in total. The minimum Gasteiger partial charge on any atom is -0.497 e. The summed E-state index contributed by atoms with van der Waals surface area (Å²) in [6.07, 6.45) is -12.1. The Balaban J connectivity index is 1.29. The number of hydrogen-bond acceptors (Lipinski definition) is 15. The molecule has 5 aromatic carbocycles. The summed E-state index contributed by atoms with van der Waals surface area (Å²) in [7, 11) is 1.54. The Bertz CT molecular complexity index is 2180. The number of ether oxygens (including phenoxy) is 9. The number of methoxy groups -OCH3 is 1. The number of carbonyl (C=O) groups excluding carboxylic acids is 4. The lowest BCUT2D eigenvalue weighted by molar-refractivity contribution is -0.280. The minimum absolute atomic E-state index is 0.101. The van der Waals surface area contributed by atoms with E-state index in [-0.39, 0.29) is 49.7 Å². The number of Topliss-reactive ketones (excluding diaryl/α,β-unsaturated/α-hetero) is 1. The first-order chi connectivity index (χ1) is 29.7. The number of hydrogen-bond donors (Lipinski definition) is 2. The molecule has 318 valence electrons. The lowest BCUT2D eigenvalue weighted by Crippen LogP contribution is -2.62. The van der Waals surface area contributed by atoms with E-state index in [1.165, 1.54) is 25.3 Å². The van der Waals surface area contributed by atoms with E-state index < -0.39 is 61.6 Å². The summed E-state index contributed by atoms with van der Waals surface area (Å²) in [5.74, 6) is -0.363. The quantitative estimate of drug-likeness (QED) is 0.0416. The largest absolute Gasteiger partial charge is 0.514 e. The van der Waals surface area contributed by atoms with Crippen LogP contribution in [0.25, 0.3) is 0 Å². The average molecular weight is 837 g/mol. The molecule has 1 aliphatic heterocycles. The third kappa shape index (κ3) is 12.5. The Morgan fingerprint density at radius 2 is 1.10 bits per heavy atom. The zero-order valence-corrected chi connectivity index (χ0v) is 33.0. The van der Waals surface area contributed by atoms with Crippen molar-refractivity contribution < 1.29 is 72.0 Å². The molecule has 61 heavy (non-hydrogen) atoms. The summed E-state index contributed by atoms with van der Waals surface area (Å²) < 4.78 is 50.1. The third-order valence-electron chi connectivity index (χ3n) is 9.36. The molecule has 1 saturated heterocycles. The normalized spacial score (nSPS) is 18.2. The predicted molar refractivity (Wildman–Crippen MR) is 215 cm³/mol. The molecule has 5 aromatic rings. The van der Waals surface area contributed by atoms with Crippen LogP contribution in [0, 0.1) is 0 Å². The van der Waals surface area contributed by atoms with Gasteiger partial charge in [-0.05, 0) is 52.9 Å². The van der Waals surface area contributed by atoms with Crippen LogP contribution in [-0.4, -0.2) is 78.9 Å². The molecule has 0 aliphatic carbocycles. The molecule has 1 aliphatic rings. The number of aliphatic hydroxyl groups excluding tert-OH is 2. The lowest BCUT2D eigenvalue weighted by Gasteiger charge is -2.42. The van der Waals surface area contributed by atoms with E-state index in [4.69, 9.17) is 42.6 Å². The van der Waals surface area contributed by atoms with Crippen molar-refractivity contribution in [1.29, 1.82) is 0 Å². The van der Waals surface area contributed by atoms with Gasteiger partial charge in [-0.2, -0.15) is 0 Å². The van der Waals surface area contributed by atoms with E-state index in [9.17, 15) is 29.4 Å². The fraction of sp³-hybridized carbons (Fsp3) is 0.261. The fourth-order valence-corrected chi connectivity index (χ4v) is 6.22. The van der Waals surface area contributed by atoms with Gasteiger partial charge < -0.3 is 52.8 Å². The molecule has 5 atom stereocenters. The maximum atomic E-state index is 14.2. The first kappa shape index (κ1) is 43.6. The van der Waals surface area contributed by atoms with Gasteiger partial charge in [0.1, 0.15) is 54.8 Å². The highest BCUT2D eigenvalue weighted by Crippen LogP contribution is 2.35. The topological polar surface area (TPSA) is 192 Å². The molecular weight excluding hydrogens is 792 g/mol. The number of benzene rings is 5. The van der Waals surface area contributed by atoms with Gasteiger partial charge in [0.05, 0.1) is 13.7 Å². The van der Waals surface area contributed by atoms with Crippen molar-refractivity contribution >= 4 is 24.2 Å². The van der Waals surface area contributed by atoms with Crippen molar-refractivity contribution in [2.45, 2.75) is 63.4 Å². The Hall–Kier alpha value is -6.94. The monoisotopic (exact) mass is 836 g/mol. The van der Waals surface area contributed by atoms with Gasteiger partial charge in [-0.25, -0.2) is 14.4 Å². The zero-order chi connectivity index (χ0) is 43.0.